The number of fused-ring (bicyclic) bond motifs is 2. The molecule has 0 saturated carbocycles. The number of likely N-dealkylation sites (N-methyl/N-ethyl adjacent to an activating group) is 1. The number of hydrogen-bond acceptors (Lipinski definition) is 2. The highest BCUT2D eigenvalue weighted by molar-refractivity contribution is 6.07. The molecule has 2 amide bonds. The highest BCUT2D eigenvalue weighted by atomic mass is 19.1. The zero-order valence-electron chi connectivity index (χ0n) is 10.2. The summed E-state index contributed by atoms with van der Waals surface area (Å²) in [6.45, 7) is 1.93. The third-order valence-electron chi connectivity index (χ3n) is 3.96. The highest BCUT2D eigenvalue weighted by Crippen LogP contribution is 2.41. The summed E-state index contributed by atoms with van der Waals surface area (Å²) < 4.78 is 13.2. The molecule has 94 valence electrons. The van der Waals surface area contributed by atoms with Crippen molar-refractivity contribution >= 4 is 11.8 Å². The van der Waals surface area contributed by atoms with E-state index in [1.807, 2.05) is 6.92 Å². The summed E-state index contributed by atoms with van der Waals surface area (Å²) in [6, 6.07) is 4.06. The van der Waals surface area contributed by atoms with E-state index in [1.165, 1.54) is 18.2 Å². The molecule has 1 N–H and O–H groups in total. The number of likely N-dealkylation sites (tertiary alicyclic amines) is 1. The summed E-state index contributed by atoms with van der Waals surface area (Å²) in [5.74, 6) is -0.971. The van der Waals surface area contributed by atoms with E-state index in [0.717, 1.165) is 0 Å². The van der Waals surface area contributed by atoms with Gasteiger partial charge in [0.1, 0.15) is 11.4 Å². The molecule has 3 rings (SSSR count). The summed E-state index contributed by atoms with van der Waals surface area (Å²) in [5.41, 5.74) is -0.130. The molecule has 2 atom stereocenters. The fourth-order valence-corrected chi connectivity index (χ4v) is 2.90. The molecule has 1 saturated heterocycles. The summed E-state index contributed by atoms with van der Waals surface area (Å²) in [6.07, 6.45) is 0.521. The van der Waals surface area contributed by atoms with E-state index in [-0.39, 0.29) is 23.4 Å². The van der Waals surface area contributed by atoms with Crippen LogP contribution < -0.4 is 5.32 Å². The molecule has 1 fully saturated rings. The average Bonchev–Trinajstić information content (AvgIpc) is 2.71. The maximum absolute atomic E-state index is 13.2. The standard InChI is InChI=1S/C13H13FN2O2/c1-7-6-13(12(18)16(7)2)10-4-3-8(14)5-9(10)11(17)15-13/h3-5,7H,6H2,1-2H3,(H,15,17). The van der Waals surface area contributed by atoms with Crippen molar-refractivity contribution in [3.05, 3.63) is 35.1 Å². The molecule has 2 aliphatic rings. The number of carbonyl (C=O) groups excluding carboxylic acids is 2. The zero-order chi connectivity index (χ0) is 13.1. The minimum Gasteiger partial charge on any atom is -0.341 e. The quantitative estimate of drug-likeness (QED) is 0.745. The zero-order valence-corrected chi connectivity index (χ0v) is 10.2. The summed E-state index contributed by atoms with van der Waals surface area (Å²) in [7, 11) is 1.72. The van der Waals surface area contributed by atoms with Gasteiger partial charge in [-0.2, -0.15) is 0 Å². The van der Waals surface area contributed by atoms with Gasteiger partial charge in [0.25, 0.3) is 11.8 Å². The van der Waals surface area contributed by atoms with E-state index in [9.17, 15) is 14.0 Å². The van der Waals surface area contributed by atoms with Gasteiger partial charge in [-0.15, -0.1) is 0 Å². The van der Waals surface area contributed by atoms with Crippen molar-refractivity contribution in [3.63, 3.8) is 0 Å². The Hall–Kier alpha value is -1.91. The van der Waals surface area contributed by atoms with Crippen molar-refractivity contribution in [2.45, 2.75) is 24.9 Å². The molecule has 1 spiro atoms. The van der Waals surface area contributed by atoms with Crippen LogP contribution in [0.1, 0.15) is 29.3 Å². The largest absolute Gasteiger partial charge is 0.341 e. The van der Waals surface area contributed by atoms with Gasteiger partial charge in [-0.25, -0.2) is 4.39 Å². The number of carbonyl (C=O) groups is 2. The molecule has 2 unspecified atom stereocenters. The van der Waals surface area contributed by atoms with E-state index in [2.05, 4.69) is 5.32 Å². The van der Waals surface area contributed by atoms with Crippen molar-refractivity contribution in [2.24, 2.45) is 0 Å². The van der Waals surface area contributed by atoms with Crippen molar-refractivity contribution < 1.29 is 14.0 Å². The van der Waals surface area contributed by atoms with Crippen molar-refractivity contribution in [1.29, 1.82) is 0 Å². The van der Waals surface area contributed by atoms with Gasteiger partial charge in [-0.05, 0) is 24.6 Å². The van der Waals surface area contributed by atoms with E-state index in [0.29, 0.717) is 12.0 Å². The minimum absolute atomic E-state index is 0.0498. The molecule has 0 radical (unpaired) electrons. The number of nitrogens with one attached hydrogen (secondary N) is 1. The number of halogens is 1. The average molecular weight is 248 g/mol. The maximum atomic E-state index is 13.2. The molecule has 1 aromatic rings. The van der Waals surface area contributed by atoms with Crippen LogP contribution in [0.15, 0.2) is 18.2 Å². The van der Waals surface area contributed by atoms with Gasteiger partial charge >= 0.3 is 0 Å². The van der Waals surface area contributed by atoms with E-state index < -0.39 is 11.4 Å². The SMILES string of the molecule is CC1CC2(NC(=O)c3cc(F)ccc32)C(=O)N1C. The van der Waals surface area contributed by atoms with Crippen LogP contribution in [0.3, 0.4) is 0 Å². The topological polar surface area (TPSA) is 49.4 Å². The minimum atomic E-state index is -0.992. The molecule has 4 nitrogen and oxygen atoms in total. The lowest BCUT2D eigenvalue weighted by molar-refractivity contribution is -0.132. The molecule has 0 bridgehead atoms. The lowest BCUT2D eigenvalue weighted by Crippen LogP contribution is -2.45. The van der Waals surface area contributed by atoms with Crippen LogP contribution in [0.25, 0.3) is 0 Å². The number of nitrogens with zero attached hydrogens (tertiary/aromatic N) is 1. The van der Waals surface area contributed by atoms with Gasteiger partial charge in [-0.1, -0.05) is 6.07 Å². The van der Waals surface area contributed by atoms with Crippen LogP contribution in [-0.4, -0.2) is 29.8 Å². The van der Waals surface area contributed by atoms with E-state index >= 15 is 0 Å². The Kier molecular flexibility index (Phi) is 2.06. The van der Waals surface area contributed by atoms with Crippen LogP contribution >= 0.6 is 0 Å². The molecule has 0 aliphatic carbocycles. The van der Waals surface area contributed by atoms with E-state index in [4.69, 9.17) is 0 Å². The van der Waals surface area contributed by atoms with Crippen LogP contribution in [0.2, 0.25) is 0 Å². The monoisotopic (exact) mass is 248 g/mol. The predicted octanol–water partition coefficient (Wildman–Crippen LogP) is 1.01. The third kappa shape index (κ3) is 1.19. The molecule has 18 heavy (non-hydrogen) atoms. The smallest absolute Gasteiger partial charge is 0.253 e. The Morgan fingerprint density at radius 1 is 1.44 bits per heavy atom. The maximum Gasteiger partial charge on any atom is 0.253 e. The van der Waals surface area contributed by atoms with Crippen molar-refractivity contribution in [2.75, 3.05) is 7.05 Å². The van der Waals surface area contributed by atoms with Crippen LogP contribution in [-0.2, 0) is 10.3 Å². The summed E-state index contributed by atoms with van der Waals surface area (Å²) in [4.78, 5) is 25.9. The van der Waals surface area contributed by atoms with Crippen molar-refractivity contribution in [1.82, 2.24) is 10.2 Å². The number of amides is 2. The molecule has 2 heterocycles. The van der Waals surface area contributed by atoms with Crippen LogP contribution in [0.4, 0.5) is 4.39 Å². The highest BCUT2D eigenvalue weighted by Gasteiger charge is 2.55. The second-order valence-electron chi connectivity index (χ2n) is 5.02. The first kappa shape index (κ1) is 11.2. The molecule has 0 aromatic heterocycles. The van der Waals surface area contributed by atoms with Gasteiger partial charge in [0, 0.05) is 25.1 Å². The normalized spacial score (nSPS) is 29.9. The van der Waals surface area contributed by atoms with E-state index in [1.54, 1.807) is 11.9 Å². The van der Waals surface area contributed by atoms with Gasteiger partial charge in [-0.3, -0.25) is 9.59 Å². The predicted molar refractivity (Wildman–Crippen MR) is 62.4 cm³/mol. The Morgan fingerprint density at radius 2 is 2.17 bits per heavy atom. The third-order valence-corrected chi connectivity index (χ3v) is 3.96. The van der Waals surface area contributed by atoms with Gasteiger partial charge in [0.2, 0.25) is 0 Å². The van der Waals surface area contributed by atoms with Gasteiger partial charge < -0.3 is 10.2 Å². The fourth-order valence-electron chi connectivity index (χ4n) is 2.90. The second-order valence-corrected chi connectivity index (χ2v) is 5.02. The number of hydrogen-bond donors (Lipinski definition) is 1. The van der Waals surface area contributed by atoms with Gasteiger partial charge in [0.05, 0.1) is 0 Å². The number of benzene rings is 1. The number of rotatable bonds is 0. The van der Waals surface area contributed by atoms with Crippen LogP contribution in [0.5, 0.6) is 0 Å². The first-order valence-electron chi connectivity index (χ1n) is 5.85. The molecule has 5 heteroatoms. The second kappa shape index (κ2) is 3.31. The Balaban J connectivity index is 2.19. The molecular weight excluding hydrogens is 235 g/mol. The van der Waals surface area contributed by atoms with Gasteiger partial charge in [0.15, 0.2) is 0 Å². The molecule has 2 aliphatic heterocycles. The summed E-state index contributed by atoms with van der Waals surface area (Å²) >= 11 is 0. The Labute approximate surface area is 104 Å². The molecular formula is C13H13FN2O2. The van der Waals surface area contributed by atoms with Crippen molar-refractivity contribution in [3.8, 4) is 0 Å². The molecule has 1 aromatic carbocycles. The first-order valence-corrected chi connectivity index (χ1v) is 5.85. The Bertz CT molecular complexity index is 572. The first-order chi connectivity index (χ1) is 8.45. The Morgan fingerprint density at radius 3 is 2.78 bits per heavy atom. The lowest BCUT2D eigenvalue weighted by Gasteiger charge is -2.22. The fraction of sp³-hybridized carbons (Fsp3) is 0.385. The van der Waals surface area contributed by atoms with Crippen LogP contribution in [0, 0.1) is 5.82 Å². The summed E-state index contributed by atoms with van der Waals surface area (Å²) in [5, 5.41) is 2.74. The lowest BCUT2D eigenvalue weighted by atomic mass is 9.87.